The first-order valence-corrected chi connectivity index (χ1v) is 12.8. The zero-order valence-corrected chi connectivity index (χ0v) is 19.1. The molecule has 1 saturated heterocycles. The lowest BCUT2D eigenvalue weighted by Gasteiger charge is -2.30. The van der Waals surface area contributed by atoms with Crippen molar-refractivity contribution < 1.29 is 22.8 Å². The van der Waals surface area contributed by atoms with Crippen molar-refractivity contribution >= 4 is 27.0 Å². The highest BCUT2D eigenvalue weighted by molar-refractivity contribution is 7.88. The normalized spacial score (nSPS) is 17.4. The maximum absolute atomic E-state index is 11.7. The highest BCUT2D eigenvalue weighted by Gasteiger charge is 2.29. The number of nitro groups is 1. The van der Waals surface area contributed by atoms with Gasteiger partial charge in [0.1, 0.15) is 5.75 Å². The molecule has 0 amide bonds. The van der Waals surface area contributed by atoms with Gasteiger partial charge in [-0.2, -0.15) is 0 Å². The van der Waals surface area contributed by atoms with Crippen LogP contribution in [0, 0.1) is 10.1 Å². The third-order valence-electron chi connectivity index (χ3n) is 5.80. The van der Waals surface area contributed by atoms with Crippen molar-refractivity contribution in [2.45, 2.75) is 31.8 Å². The molecular formula is C20H25N3O6S2. The van der Waals surface area contributed by atoms with Gasteiger partial charge in [-0.1, -0.05) is 6.07 Å². The Labute approximate surface area is 185 Å². The topological polar surface area (TPSA) is 111 Å². The average molecular weight is 468 g/mol. The first kappa shape index (κ1) is 22.0. The average Bonchev–Trinajstić information content (AvgIpc) is 3.03. The van der Waals surface area contributed by atoms with Gasteiger partial charge >= 0.3 is 5.69 Å². The highest BCUT2D eigenvalue weighted by atomic mass is 32.2. The largest absolute Gasteiger partial charge is 0.491 e. The van der Waals surface area contributed by atoms with Gasteiger partial charge in [0, 0.05) is 54.7 Å². The Morgan fingerprint density at radius 2 is 2.10 bits per heavy atom. The molecule has 0 saturated carbocycles. The van der Waals surface area contributed by atoms with Crippen molar-refractivity contribution in [2.24, 2.45) is 0 Å². The molecule has 1 aromatic carbocycles. The lowest BCUT2D eigenvalue weighted by atomic mass is 9.97. The first-order chi connectivity index (χ1) is 14.8. The Morgan fingerprint density at radius 1 is 1.35 bits per heavy atom. The summed E-state index contributed by atoms with van der Waals surface area (Å²) in [6.07, 6.45) is 3.39. The second-order valence-electron chi connectivity index (χ2n) is 7.73. The van der Waals surface area contributed by atoms with E-state index in [0.29, 0.717) is 32.7 Å². The van der Waals surface area contributed by atoms with Gasteiger partial charge in [-0.3, -0.25) is 10.1 Å². The van der Waals surface area contributed by atoms with Gasteiger partial charge in [-0.25, -0.2) is 12.7 Å². The Balaban J connectivity index is 1.55. The minimum atomic E-state index is -3.14. The van der Waals surface area contributed by atoms with Crippen molar-refractivity contribution in [2.75, 3.05) is 33.1 Å². The van der Waals surface area contributed by atoms with E-state index in [1.807, 2.05) is 5.38 Å². The van der Waals surface area contributed by atoms with Gasteiger partial charge in [0.25, 0.3) is 0 Å². The molecule has 2 aliphatic rings. The molecule has 11 heteroatoms. The first-order valence-electron chi connectivity index (χ1n) is 10.1. The molecule has 2 aliphatic heterocycles. The second-order valence-corrected chi connectivity index (χ2v) is 10.7. The molecule has 9 nitrogen and oxygen atoms in total. The summed E-state index contributed by atoms with van der Waals surface area (Å²) in [5.74, 6) is 1.00. The van der Waals surface area contributed by atoms with E-state index in [0.717, 1.165) is 40.2 Å². The summed E-state index contributed by atoms with van der Waals surface area (Å²) in [5, 5.41) is 17.0. The van der Waals surface area contributed by atoms with E-state index in [-0.39, 0.29) is 17.5 Å². The molecule has 0 unspecified atom stereocenters. The second kappa shape index (κ2) is 8.73. The minimum absolute atomic E-state index is 0.0578. The highest BCUT2D eigenvalue weighted by Crippen LogP contribution is 2.48. The number of benzene rings is 1. The lowest BCUT2D eigenvalue weighted by molar-refractivity contribution is -0.385. The van der Waals surface area contributed by atoms with E-state index in [4.69, 9.17) is 9.47 Å². The summed E-state index contributed by atoms with van der Waals surface area (Å²) in [4.78, 5) is 12.1. The number of methoxy groups -OCH3 is 1. The number of thiophene rings is 1. The summed E-state index contributed by atoms with van der Waals surface area (Å²) >= 11 is 1.55. The van der Waals surface area contributed by atoms with Crippen LogP contribution in [-0.2, 0) is 23.0 Å². The van der Waals surface area contributed by atoms with Gasteiger partial charge in [0.15, 0.2) is 0 Å². The lowest BCUT2D eigenvalue weighted by Crippen LogP contribution is -2.44. The van der Waals surface area contributed by atoms with Crippen molar-refractivity contribution in [3.05, 3.63) is 38.1 Å². The van der Waals surface area contributed by atoms with Crippen LogP contribution in [0.1, 0.15) is 23.3 Å². The van der Waals surface area contributed by atoms with E-state index in [1.165, 1.54) is 23.7 Å². The van der Waals surface area contributed by atoms with E-state index < -0.39 is 14.9 Å². The molecule has 31 heavy (non-hydrogen) atoms. The molecule has 2 aromatic rings. The Bertz CT molecular complexity index is 1090. The molecule has 3 heterocycles. The number of rotatable bonds is 6. The molecular weight excluding hydrogens is 442 g/mol. The number of ether oxygens (including phenoxy) is 2. The summed E-state index contributed by atoms with van der Waals surface area (Å²) < 4.78 is 36.4. The van der Waals surface area contributed by atoms with Crippen LogP contribution in [0.2, 0.25) is 0 Å². The van der Waals surface area contributed by atoms with Crippen LogP contribution >= 0.6 is 11.3 Å². The Kier molecular flexibility index (Phi) is 6.20. The molecule has 0 radical (unpaired) electrons. The third-order valence-corrected chi connectivity index (χ3v) is 8.07. The van der Waals surface area contributed by atoms with Crippen LogP contribution in [-0.4, -0.2) is 56.8 Å². The van der Waals surface area contributed by atoms with Crippen LogP contribution in [0.15, 0.2) is 17.5 Å². The number of fused-ring (bicyclic) bond motifs is 3. The molecule has 0 aliphatic carbocycles. The van der Waals surface area contributed by atoms with Crippen molar-refractivity contribution in [3.8, 4) is 22.6 Å². The van der Waals surface area contributed by atoms with Crippen molar-refractivity contribution in [1.29, 1.82) is 0 Å². The predicted octanol–water partition coefficient (Wildman–Crippen LogP) is 2.78. The monoisotopic (exact) mass is 467 g/mol. The number of sulfonamides is 1. The number of hydrogen-bond donors (Lipinski definition) is 1. The Hall–Kier alpha value is -2.21. The summed E-state index contributed by atoms with van der Waals surface area (Å²) in [6, 6.07) is 3.49. The molecule has 0 bridgehead atoms. The van der Waals surface area contributed by atoms with Crippen molar-refractivity contribution in [1.82, 2.24) is 9.62 Å². The van der Waals surface area contributed by atoms with Crippen molar-refractivity contribution in [3.63, 3.8) is 0 Å². The number of nitro benzene ring substituents is 1. The maximum atomic E-state index is 11.7. The maximum Gasteiger partial charge on any atom is 0.311 e. The summed E-state index contributed by atoms with van der Waals surface area (Å²) in [7, 11) is -1.69. The standard InChI is InChI=1S/C20H25N3O6S2/c1-28-20-16(23(24)25)4-3-13-7-10-29-19-15(18(13)20)12-30-17(19)11-21-14-5-8-22(9-6-14)31(2,26)27/h3-4,12,14,21H,5-11H2,1-2H3. The SMILES string of the molecule is COc1c([N+](=O)[O-])ccc2c1-c1csc(CNC3CCN(S(C)(=O)=O)CC3)c1OCC2. The molecule has 168 valence electrons. The molecule has 4 rings (SSSR count). The van der Waals surface area contributed by atoms with Gasteiger partial charge in [-0.15, -0.1) is 11.3 Å². The number of hydrogen-bond acceptors (Lipinski definition) is 8. The van der Waals surface area contributed by atoms with E-state index in [2.05, 4.69) is 5.32 Å². The zero-order chi connectivity index (χ0) is 22.2. The van der Waals surface area contributed by atoms with Gasteiger partial charge < -0.3 is 14.8 Å². The third kappa shape index (κ3) is 4.40. The summed E-state index contributed by atoms with van der Waals surface area (Å²) in [6.45, 7) is 2.11. The summed E-state index contributed by atoms with van der Waals surface area (Å²) in [5.41, 5.74) is 2.46. The molecule has 0 atom stereocenters. The van der Waals surface area contributed by atoms with Crippen LogP contribution in [0.4, 0.5) is 5.69 Å². The van der Waals surface area contributed by atoms with Crippen LogP contribution < -0.4 is 14.8 Å². The van der Waals surface area contributed by atoms with Crippen LogP contribution in [0.25, 0.3) is 11.1 Å². The quantitative estimate of drug-likeness (QED) is 0.514. The molecule has 1 fully saturated rings. The molecule has 0 spiro atoms. The van der Waals surface area contributed by atoms with Gasteiger partial charge in [-0.05, 0) is 18.4 Å². The Morgan fingerprint density at radius 3 is 2.74 bits per heavy atom. The number of piperidine rings is 1. The van der Waals surface area contributed by atoms with Gasteiger partial charge in [0.05, 0.1) is 29.8 Å². The van der Waals surface area contributed by atoms with Gasteiger partial charge in [0.2, 0.25) is 15.8 Å². The predicted molar refractivity (Wildman–Crippen MR) is 118 cm³/mol. The molecule has 1 N–H and O–H groups in total. The fraction of sp³-hybridized carbons (Fsp3) is 0.500. The zero-order valence-electron chi connectivity index (χ0n) is 17.4. The van der Waals surface area contributed by atoms with Crippen LogP contribution in [0.5, 0.6) is 11.5 Å². The molecule has 1 aromatic heterocycles. The van der Waals surface area contributed by atoms with Crippen LogP contribution in [0.3, 0.4) is 0 Å². The number of nitrogens with zero attached hydrogens (tertiary/aromatic N) is 2. The fourth-order valence-electron chi connectivity index (χ4n) is 4.20. The van der Waals surface area contributed by atoms with E-state index in [1.54, 1.807) is 17.4 Å². The fourth-order valence-corrected chi connectivity index (χ4v) is 6.00. The minimum Gasteiger partial charge on any atom is -0.491 e. The van der Waals surface area contributed by atoms with E-state index in [9.17, 15) is 18.5 Å². The smallest absolute Gasteiger partial charge is 0.311 e. The number of nitrogens with one attached hydrogen (secondary N) is 1. The van der Waals surface area contributed by atoms with E-state index >= 15 is 0 Å².